The third-order valence-electron chi connectivity index (χ3n) is 3.48. The van der Waals surface area contributed by atoms with E-state index in [1.54, 1.807) is 7.11 Å². The largest absolute Gasteiger partial charge is 0.495 e. The minimum absolute atomic E-state index is 0.534. The fraction of sp³-hybridized carbons (Fsp3) is 0.571. The molecule has 17 heavy (non-hydrogen) atoms. The number of hydrogen-bond donors (Lipinski definition) is 1. The first-order valence-electron chi connectivity index (χ1n) is 6.29. The highest BCUT2D eigenvalue weighted by molar-refractivity contribution is 9.10. The summed E-state index contributed by atoms with van der Waals surface area (Å²) in [6.07, 6.45) is 5.52. The van der Waals surface area contributed by atoms with E-state index in [-0.39, 0.29) is 0 Å². The Bertz CT molecular complexity index is 376. The van der Waals surface area contributed by atoms with Crippen LogP contribution in [0.25, 0.3) is 0 Å². The van der Waals surface area contributed by atoms with Crippen molar-refractivity contribution in [2.45, 2.75) is 38.6 Å². The number of hydrogen-bond acceptors (Lipinski definition) is 2. The maximum atomic E-state index is 5.29. The van der Waals surface area contributed by atoms with E-state index in [0.717, 1.165) is 21.8 Å². The van der Waals surface area contributed by atoms with E-state index in [4.69, 9.17) is 4.74 Å². The molecule has 0 heterocycles. The van der Waals surface area contributed by atoms with Crippen LogP contribution in [0.2, 0.25) is 0 Å². The third-order valence-corrected chi connectivity index (χ3v) is 4.13. The average molecular weight is 298 g/mol. The van der Waals surface area contributed by atoms with Crippen molar-refractivity contribution in [3.63, 3.8) is 0 Å². The van der Waals surface area contributed by atoms with E-state index < -0.39 is 0 Å². The fourth-order valence-electron chi connectivity index (χ4n) is 2.32. The van der Waals surface area contributed by atoms with Gasteiger partial charge in [-0.2, -0.15) is 0 Å². The molecule has 1 aliphatic carbocycles. The van der Waals surface area contributed by atoms with Gasteiger partial charge in [-0.25, -0.2) is 0 Å². The predicted molar refractivity (Wildman–Crippen MR) is 75.7 cm³/mol. The highest BCUT2D eigenvalue weighted by Crippen LogP contribution is 2.32. The molecule has 1 aromatic rings. The molecule has 1 saturated carbocycles. The van der Waals surface area contributed by atoms with Crippen LogP contribution in [0.15, 0.2) is 22.7 Å². The predicted octanol–water partition coefficient (Wildman–Crippen LogP) is 4.45. The molecule has 0 aromatic heterocycles. The van der Waals surface area contributed by atoms with Crippen LogP contribution in [0.1, 0.15) is 32.6 Å². The Balaban J connectivity index is 1.92. The molecule has 0 amide bonds. The van der Waals surface area contributed by atoms with Crippen molar-refractivity contribution in [2.75, 3.05) is 12.4 Å². The van der Waals surface area contributed by atoms with Crippen molar-refractivity contribution < 1.29 is 4.74 Å². The van der Waals surface area contributed by atoms with Gasteiger partial charge in [0.15, 0.2) is 0 Å². The van der Waals surface area contributed by atoms with E-state index in [1.165, 1.54) is 25.7 Å². The van der Waals surface area contributed by atoms with E-state index in [9.17, 15) is 0 Å². The summed E-state index contributed by atoms with van der Waals surface area (Å²) in [5, 5.41) is 3.54. The molecule has 94 valence electrons. The summed E-state index contributed by atoms with van der Waals surface area (Å²) < 4.78 is 6.29. The second-order valence-electron chi connectivity index (χ2n) is 4.93. The normalized spacial score (nSPS) is 17.4. The molecule has 1 N–H and O–H groups in total. The first kappa shape index (κ1) is 12.7. The van der Waals surface area contributed by atoms with E-state index in [2.05, 4.69) is 34.2 Å². The van der Waals surface area contributed by atoms with Gasteiger partial charge in [-0.05, 0) is 47.3 Å². The van der Waals surface area contributed by atoms with Crippen LogP contribution in [0, 0.1) is 5.92 Å². The lowest BCUT2D eigenvalue weighted by molar-refractivity contribution is 0.286. The lowest BCUT2D eigenvalue weighted by atomic mass is 9.81. The number of halogens is 1. The summed E-state index contributed by atoms with van der Waals surface area (Å²) in [6.45, 7) is 2.26. The maximum absolute atomic E-state index is 5.29. The van der Waals surface area contributed by atoms with Gasteiger partial charge in [-0.1, -0.05) is 19.3 Å². The molecule has 2 nitrogen and oxygen atoms in total. The average Bonchev–Trinajstić information content (AvgIpc) is 2.26. The zero-order valence-electron chi connectivity index (χ0n) is 10.5. The van der Waals surface area contributed by atoms with Crippen LogP contribution in [0.4, 0.5) is 5.69 Å². The molecule has 0 bridgehead atoms. The molecular weight excluding hydrogens is 278 g/mol. The molecule has 1 fully saturated rings. The van der Waals surface area contributed by atoms with Crippen molar-refractivity contribution in [1.82, 2.24) is 0 Å². The van der Waals surface area contributed by atoms with Crippen LogP contribution in [-0.2, 0) is 0 Å². The second kappa shape index (κ2) is 5.76. The molecule has 2 rings (SSSR count). The highest BCUT2D eigenvalue weighted by atomic mass is 79.9. The lowest BCUT2D eigenvalue weighted by Gasteiger charge is -2.29. The Hall–Kier alpha value is -0.700. The van der Waals surface area contributed by atoms with Crippen LogP contribution in [0.5, 0.6) is 5.75 Å². The molecule has 0 saturated heterocycles. The van der Waals surface area contributed by atoms with Crippen molar-refractivity contribution in [3.05, 3.63) is 22.7 Å². The van der Waals surface area contributed by atoms with E-state index in [1.807, 2.05) is 12.1 Å². The Morgan fingerprint density at radius 2 is 2.24 bits per heavy atom. The van der Waals surface area contributed by atoms with E-state index in [0.29, 0.717) is 6.04 Å². The van der Waals surface area contributed by atoms with Gasteiger partial charge >= 0.3 is 0 Å². The van der Waals surface area contributed by atoms with Gasteiger partial charge in [0.05, 0.1) is 11.6 Å². The monoisotopic (exact) mass is 297 g/mol. The summed E-state index contributed by atoms with van der Waals surface area (Å²) in [7, 11) is 1.70. The summed E-state index contributed by atoms with van der Waals surface area (Å²) >= 11 is 3.46. The molecule has 0 spiro atoms. The Morgan fingerprint density at radius 3 is 2.82 bits per heavy atom. The number of methoxy groups -OCH3 is 1. The molecule has 0 radical (unpaired) electrons. The quantitative estimate of drug-likeness (QED) is 0.867. The van der Waals surface area contributed by atoms with Crippen LogP contribution < -0.4 is 10.1 Å². The molecule has 0 aliphatic heterocycles. The third kappa shape index (κ3) is 3.38. The van der Waals surface area contributed by atoms with Gasteiger partial charge in [0.1, 0.15) is 5.75 Å². The van der Waals surface area contributed by atoms with Gasteiger partial charge in [-0.3, -0.25) is 0 Å². The van der Waals surface area contributed by atoms with Gasteiger partial charge in [-0.15, -0.1) is 0 Å². The number of benzene rings is 1. The number of rotatable bonds is 5. The molecule has 1 unspecified atom stereocenters. The van der Waals surface area contributed by atoms with Crippen molar-refractivity contribution >= 4 is 21.6 Å². The smallest absolute Gasteiger partial charge is 0.135 e. The minimum atomic E-state index is 0.534. The van der Waals surface area contributed by atoms with Crippen LogP contribution in [-0.4, -0.2) is 13.2 Å². The van der Waals surface area contributed by atoms with Gasteiger partial charge in [0, 0.05) is 17.8 Å². The summed E-state index contributed by atoms with van der Waals surface area (Å²) in [5.41, 5.74) is 1.14. The topological polar surface area (TPSA) is 21.3 Å². The standard InChI is InChI=1S/C14H20BrNO/c1-10(8-11-4-3-5-11)16-12-6-7-13(15)14(9-12)17-2/h6-7,9-11,16H,3-5,8H2,1-2H3. The van der Waals surface area contributed by atoms with Gasteiger partial charge in [0.25, 0.3) is 0 Å². The van der Waals surface area contributed by atoms with Gasteiger partial charge in [0.2, 0.25) is 0 Å². The first-order chi connectivity index (χ1) is 8.19. The molecule has 1 aromatic carbocycles. The van der Waals surface area contributed by atoms with Crippen molar-refractivity contribution in [3.8, 4) is 5.75 Å². The second-order valence-corrected chi connectivity index (χ2v) is 5.78. The fourth-order valence-corrected chi connectivity index (χ4v) is 2.73. The zero-order valence-corrected chi connectivity index (χ0v) is 12.1. The number of anilines is 1. The van der Waals surface area contributed by atoms with Crippen molar-refractivity contribution in [2.24, 2.45) is 5.92 Å². The first-order valence-corrected chi connectivity index (χ1v) is 7.08. The van der Waals surface area contributed by atoms with Crippen molar-refractivity contribution in [1.29, 1.82) is 0 Å². The van der Waals surface area contributed by atoms with E-state index >= 15 is 0 Å². The zero-order chi connectivity index (χ0) is 12.3. The highest BCUT2D eigenvalue weighted by Gasteiger charge is 2.19. The lowest BCUT2D eigenvalue weighted by Crippen LogP contribution is -2.23. The Morgan fingerprint density at radius 1 is 1.47 bits per heavy atom. The summed E-state index contributed by atoms with van der Waals surface area (Å²) in [4.78, 5) is 0. The molecule has 1 aliphatic rings. The minimum Gasteiger partial charge on any atom is -0.495 e. The van der Waals surface area contributed by atoms with Crippen LogP contribution in [0.3, 0.4) is 0 Å². The number of ether oxygens (including phenoxy) is 1. The Kier molecular flexibility index (Phi) is 4.32. The maximum Gasteiger partial charge on any atom is 0.135 e. The number of nitrogens with one attached hydrogen (secondary N) is 1. The van der Waals surface area contributed by atoms with Crippen LogP contribution >= 0.6 is 15.9 Å². The van der Waals surface area contributed by atoms with Gasteiger partial charge < -0.3 is 10.1 Å². The molecule has 3 heteroatoms. The molecular formula is C14H20BrNO. The summed E-state index contributed by atoms with van der Waals surface area (Å²) in [6, 6.07) is 6.69. The Labute approximate surface area is 112 Å². The summed E-state index contributed by atoms with van der Waals surface area (Å²) in [5.74, 6) is 1.82. The molecule has 1 atom stereocenters. The SMILES string of the molecule is COc1cc(NC(C)CC2CCC2)ccc1Br.